The van der Waals surface area contributed by atoms with Gasteiger partial charge in [0.05, 0.1) is 6.61 Å². The van der Waals surface area contributed by atoms with E-state index in [1.165, 1.54) is 0 Å². The van der Waals surface area contributed by atoms with Gasteiger partial charge in [0.2, 0.25) is 5.91 Å². The molecular weight excluding hydrogens is 430 g/mol. The van der Waals surface area contributed by atoms with Crippen LogP contribution in [-0.2, 0) is 4.79 Å². The molecule has 0 aliphatic carbocycles. The minimum Gasteiger partial charge on any atom is -0.493 e. The normalized spacial score (nSPS) is 14.3. The van der Waals surface area contributed by atoms with Crippen LogP contribution in [0.15, 0.2) is 41.0 Å². The molecule has 0 N–H and O–H groups in total. The van der Waals surface area contributed by atoms with Gasteiger partial charge in [0.25, 0.3) is 0 Å². The summed E-state index contributed by atoms with van der Waals surface area (Å²) >= 11 is 9.35. The summed E-state index contributed by atoms with van der Waals surface area (Å²) in [6.07, 6.45) is 3.01. The van der Waals surface area contributed by atoms with E-state index in [1.54, 1.807) is 6.20 Å². The first-order valence-electron chi connectivity index (χ1n) is 9.06. The summed E-state index contributed by atoms with van der Waals surface area (Å²) in [5.41, 5.74) is 1.01. The average Bonchev–Trinajstić information content (AvgIpc) is 2.67. The number of aromatic nitrogens is 1. The predicted octanol–water partition coefficient (Wildman–Crippen LogP) is 4.31. The van der Waals surface area contributed by atoms with Crippen LogP contribution in [0.2, 0.25) is 5.02 Å². The Labute approximate surface area is 173 Å². The molecule has 1 saturated heterocycles. The van der Waals surface area contributed by atoms with Gasteiger partial charge in [-0.05, 0) is 65.2 Å². The van der Waals surface area contributed by atoms with E-state index in [2.05, 4.69) is 25.8 Å². The Morgan fingerprint density at radius 3 is 2.67 bits per heavy atom. The average molecular weight is 453 g/mol. The summed E-state index contributed by atoms with van der Waals surface area (Å²) in [7, 11) is 0. The van der Waals surface area contributed by atoms with Crippen molar-refractivity contribution in [1.82, 2.24) is 9.88 Å². The largest absolute Gasteiger partial charge is 0.493 e. The highest BCUT2D eigenvalue weighted by Gasteiger charge is 2.21. The number of nitrogens with zero attached hydrogens (tertiary/aromatic N) is 3. The Kier molecular flexibility index (Phi) is 6.96. The SMILES string of the molecule is Cc1cc(Cl)ccc1OCCCC(=O)N1CCN(c2ccc(Br)cn2)CC1. The number of anilines is 1. The molecule has 0 radical (unpaired) electrons. The number of hydrogen-bond donors (Lipinski definition) is 0. The number of pyridine rings is 1. The van der Waals surface area contributed by atoms with Crippen molar-refractivity contribution in [2.75, 3.05) is 37.7 Å². The summed E-state index contributed by atoms with van der Waals surface area (Å²) in [5.74, 6) is 1.97. The van der Waals surface area contributed by atoms with E-state index in [-0.39, 0.29) is 5.91 Å². The second-order valence-electron chi connectivity index (χ2n) is 6.56. The number of hydrogen-bond acceptors (Lipinski definition) is 4. The minimum atomic E-state index is 0.190. The zero-order valence-electron chi connectivity index (χ0n) is 15.3. The fraction of sp³-hybridized carbons (Fsp3) is 0.400. The number of carbonyl (C=O) groups is 1. The lowest BCUT2D eigenvalue weighted by atomic mass is 10.2. The van der Waals surface area contributed by atoms with Crippen LogP contribution in [0, 0.1) is 6.92 Å². The number of halogens is 2. The molecule has 1 amide bonds. The standard InChI is InChI=1S/C20H23BrClN3O2/c1-15-13-17(22)5-6-18(15)27-12-2-3-20(26)25-10-8-24(9-11-25)19-7-4-16(21)14-23-19/h4-7,13-14H,2-3,8-12H2,1H3. The number of rotatable bonds is 6. The second-order valence-corrected chi connectivity index (χ2v) is 7.92. The molecule has 0 atom stereocenters. The van der Waals surface area contributed by atoms with Gasteiger partial charge in [0, 0.05) is 48.3 Å². The van der Waals surface area contributed by atoms with Crippen molar-refractivity contribution < 1.29 is 9.53 Å². The molecule has 1 fully saturated rings. The summed E-state index contributed by atoms with van der Waals surface area (Å²) in [6.45, 7) is 5.56. The molecule has 1 aromatic carbocycles. The Hall–Kier alpha value is -1.79. The van der Waals surface area contributed by atoms with E-state index >= 15 is 0 Å². The molecule has 0 unspecified atom stereocenters. The Balaban J connectivity index is 1.38. The van der Waals surface area contributed by atoms with Crippen LogP contribution >= 0.6 is 27.5 Å². The third-order valence-electron chi connectivity index (χ3n) is 4.60. The van der Waals surface area contributed by atoms with Crippen LogP contribution in [0.1, 0.15) is 18.4 Å². The minimum absolute atomic E-state index is 0.190. The van der Waals surface area contributed by atoms with E-state index < -0.39 is 0 Å². The van der Waals surface area contributed by atoms with E-state index in [0.29, 0.717) is 24.5 Å². The van der Waals surface area contributed by atoms with Crippen molar-refractivity contribution in [3.8, 4) is 5.75 Å². The lowest BCUT2D eigenvalue weighted by Crippen LogP contribution is -2.49. The van der Waals surface area contributed by atoms with Gasteiger partial charge in [0.1, 0.15) is 11.6 Å². The molecule has 7 heteroatoms. The molecule has 144 valence electrons. The summed E-state index contributed by atoms with van der Waals surface area (Å²) < 4.78 is 6.73. The molecule has 3 rings (SSSR count). The molecule has 0 saturated carbocycles. The molecule has 2 aromatic rings. The summed E-state index contributed by atoms with van der Waals surface area (Å²) in [5, 5.41) is 0.701. The lowest BCUT2D eigenvalue weighted by Gasteiger charge is -2.35. The topological polar surface area (TPSA) is 45.7 Å². The van der Waals surface area contributed by atoms with Crippen LogP contribution in [-0.4, -0.2) is 48.6 Å². The first-order chi connectivity index (χ1) is 13.0. The lowest BCUT2D eigenvalue weighted by molar-refractivity contribution is -0.131. The maximum Gasteiger partial charge on any atom is 0.222 e. The van der Waals surface area contributed by atoms with E-state index in [4.69, 9.17) is 16.3 Å². The number of aryl methyl sites for hydroxylation is 1. The maximum absolute atomic E-state index is 12.4. The number of carbonyl (C=O) groups excluding carboxylic acids is 1. The quantitative estimate of drug-likeness (QED) is 0.613. The zero-order chi connectivity index (χ0) is 19.2. The molecule has 0 spiro atoms. The van der Waals surface area contributed by atoms with Gasteiger partial charge in [0.15, 0.2) is 0 Å². The van der Waals surface area contributed by atoms with Crippen molar-refractivity contribution in [3.63, 3.8) is 0 Å². The van der Waals surface area contributed by atoms with Gasteiger partial charge in [-0.2, -0.15) is 0 Å². The van der Waals surface area contributed by atoms with Crippen molar-refractivity contribution in [2.45, 2.75) is 19.8 Å². The fourth-order valence-electron chi connectivity index (χ4n) is 3.08. The van der Waals surface area contributed by atoms with Gasteiger partial charge >= 0.3 is 0 Å². The first kappa shape index (κ1) is 20.0. The van der Waals surface area contributed by atoms with Crippen LogP contribution in [0.25, 0.3) is 0 Å². The highest BCUT2D eigenvalue weighted by molar-refractivity contribution is 9.10. The molecule has 5 nitrogen and oxygen atoms in total. The molecule has 1 aliphatic heterocycles. The third-order valence-corrected chi connectivity index (χ3v) is 5.30. The molecule has 1 aromatic heterocycles. The number of ether oxygens (including phenoxy) is 1. The van der Waals surface area contributed by atoms with Gasteiger partial charge in [-0.15, -0.1) is 0 Å². The number of piperazine rings is 1. The zero-order valence-corrected chi connectivity index (χ0v) is 17.7. The molecule has 27 heavy (non-hydrogen) atoms. The summed E-state index contributed by atoms with van der Waals surface area (Å²) in [6, 6.07) is 9.55. The molecule has 2 heterocycles. The van der Waals surface area contributed by atoms with Gasteiger partial charge in [-0.1, -0.05) is 11.6 Å². The molecular formula is C20H23BrClN3O2. The Morgan fingerprint density at radius 2 is 2.00 bits per heavy atom. The Bertz CT molecular complexity index is 777. The van der Waals surface area contributed by atoms with Crippen molar-refractivity contribution in [1.29, 1.82) is 0 Å². The van der Waals surface area contributed by atoms with Gasteiger partial charge in [-0.25, -0.2) is 4.98 Å². The van der Waals surface area contributed by atoms with Crippen LogP contribution in [0.3, 0.4) is 0 Å². The van der Waals surface area contributed by atoms with E-state index in [9.17, 15) is 4.79 Å². The first-order valence-corrected chi connectivity index (χ1v) is 10.2. The van der Waals surface area contributed by atoms with E-state index in [0.717, 1.165) is 47.8 Å². The van der Waals surface area contributed by atoms with Gasteiger partial charge in [-0.3, -0.25) is 4.79 Å². The molecule has 1 aliphatic rings. The van der Waals surface area contributed by atoms with Gasteiger partial charge < -0.3 is 14.5 Å². The Morgan fingerprint density at radius 1 is 1.22 bits per heavy atom. The fourth-order valence-corrected chi connectivity index (χ4v) is 3.54. The second kappa shape index (κ2) is 9.42. The highest BCUT2D eigenvalue weighted by atomic mass is 79.9. The van der Waals surface area contributed by atoms with Crippen LogP contribution in [0.4, 0.5) is 5.82 Å². The smallest absolute Gasteiger partial charge is 0.222 e. The maximum atomic E-state index is 12.4. The summed E-state index contributed by atoms with van der Waals surface area (Å²) in [4.78, 5) is 21.0. The third kappa shape index (κ3) is 5.59. The van der Waals surface area contributed by atoms with Crippen LogP contribution < -0.4 is 9.64 Å². The monoisotopic (exact) mass is 451 g/mol. The molecule has 0 bridgehead atoms. The van der Waals surface area contributed by atoms with Crippen molar-refractivity contribution >= 4 is 39.3 Å². The number of amides is 1. The number of benzene rings is 1. The van der Waals surface area contributed by atoms with Crippen LogP contribution in [0.5, 0.6) is 5.75 Å². The van der Waals surface area contributed by atoms with Crippen molar-refractivity contribution in [2.24, 2.45) is 0 Å². The van der Waals surface area contributed by atoms with E-state index in [1.807, 2.05) is 42.2 Å². The van der Waals surface area contributed by atoms with Crippen molar-refractivity contribution in [3.05, 3.63) is 51.6 Å². The predicted molar refractivity (Wildman–Crippen MR) is 112 cm³/mol. The highest BCUT2D eigenvalue weighted by Crippen LogP contribution is 2.22.